The molecule has 4 aromatic rings. The smallest absolute Gasteiger partial charge is 0.290 e. The molecule has 3 aromatic carbocycles. The number of nitrogens with zero attached hydrogens (tertiary/aromatic N) is 4. The van der Waals surface area contributed by atoms with Gasteiger partial charge in [-0.2, -0.15) is 10.5 Å². The summed E-state index contributed by atoms with van der Waals surface area (Å²) in [6, 6.07) is 19.5. The maximum Gasteiger partial charge on any atom is 0.290 e. The van der Waals surface area contributed by atoms with Gasteiger partial charge in [-0.1, -0.05) is 24.3 Å². The summed E-state index contributed by atoms with van der Waals surface area (Å²) < 4.78 is 20.0. The number of ether oxygens (including phenoxy) is 1. The number of aromatic nitrogens is 1. The van der Waals surface area contributed by atoms with E-state index in [9.17, 15) is 29.6 Å². The first-order chi connectivity index (χ1) is 24.2. The van der Waals surface area contributed by atoms with E-state index in [1.807, 2.05) is 11.0 Å². The van der Waals surface area contributed by atoms with Gasteiger partial charge in [-0.15, -0.1) is 0 Å². The second-order valence-corrected chi connectivity index (χ2v) is 10.8. The van der Waals surface area contributed by atoms with E-state index in [-0.39, 0.29) is 41.0 Å². The number of phenolic OH excluding ortho intramolecular Hbond substituents is 1. The Hall–Kier alpha value is -6.77. The molecule has 50 heavy (non-hydrogen) atoms. The summed E-state index contributed by atoms with van der Waals surface area (Å²) >= 11 is 0. The molecule has 13 nitrogen and oxygen atoms in total. The van der Waals surface area contributed by atoms with Gasteiger partial charge in [-0.05, 0) is 72.0 Å². The quantitative estimate of drug-likeness (QED) is 0.0751. The van der Waals surface area contributed by atoms with Crippen LogP contribution < -0.4 is 20.4 Å². The minimum Gasteiger partial charge on any atom is -0.504 e. The van der Waals surface area contributed by atoms with Gasteiger partial charge in [-0.25, -0.2) is 14.9 Å². The molecule has 0 spiro atoms. The van der Waals surface area contributed by atoms with Crippen molar-refractivity contribution in [2.75, 3.05) is 25.1 Å². The van der Waals surface area contributed by atoms with Crippen molar-refractivity contribution in [1.29, 1.82) is 10.5 Å². The lowest BCUT2D eigenvalue weighted by atomic mass is 9.91. The van der Waals surface area contributed by atoms with Gasteiger partial charge in [0.1, 0.15) is 29.3 Å². The minimum absolute atomic E-state index is 0.117. The molecule has 1 saturated heterocycles. The molecule has 0 radical (unpaired) electrons. The number of benzene rings is 3. The zero-order valence-corrected chi connectivity index (χ0v) is 26.6. The first-order valence-corrected chi connectivity index (χ1v) is 15.0. The number of hydrogen-bond acceptors (Lipinski definition) is 10. The number of rotatable bonds is 8. The van der Waals surface area contributed by atoms with Crippen molar-refractivity contribution in [2.45, 2.75) is 18.9 Å². The predicted octanol–water partition coefficient (Wildman–Crippen LogP) is 4.63. The van der Waals surface area contributed by atoms with Gasteiger partial charge >= 0.3 is 0 Å². The summed E-state index contributed by atoms with van der Waals surface area (Å²) in [5.41, 5.74) is 4.49. The maximum atomic E-state index is 14.8. The van der Waals surface area contributed by atoms with Crippen molar-refractivity contribution in [2.24, 2.45) is 0 Å². The van der Waals surface area contributed by atoms with E-state index in [4.69, 9.17) is 19.8 Å². The molecule has 5 N–H and O–H groups in total. The van der Waals surface area contributed by atoms with E-state index < -0.39 is 11.7 Å². The second kappa shape index (κ2) is 16.9. The lowest BCUT2D eigenvalue weighted by molar-refractivity contribution is -0.124. The highest BCUT2D eigenvalue weighted by atomic mass is 19.1. The van der Waals surface area contributed by atoms with Crippen LogP contribution in [-0.2, 0) is 9.59 Å². The van der Waals surface area contributed by atoms with Crippen LogP contribution in [0.25, 0.3) is 28.3 Å². The van der Waals surface area contributed by atoms with Crippen LogP contribution in [-0.4, -0.2) is 64.9 Å². The number of nitriles is 2. The number of piperidine rings is 1. The Kier molecular flexibility index (Phi) is 12.2. The molecule has 0 saturated carbocycles. The maximum absolute atomic E-state index is 14.8. The molecule has 2 amide bonds. The molecule has 0 aliphatic carbocycles. The molecule has 14 heteroatoms. The molecule has 0 unspecified atom stereocenters. The number of methoxy groups -OCH3 is 1. The number of hydroxylamine groups is 1. The average molecular weight is 679 g/mol. The summed E-state index contributed by atoms with van der Waals surface area (Å²) in [5, 5.41) is 48.7. The van der Waals surface area contributed by atoms with E-state index in [1.54, 1.807) is 48.7 Å². The SMILES string of the molecule is COc1ccc(-c2cnc(N3CCC(NC(=O)c4ccc(/C=C/C(=O)NO)cc4)CC3)c(C#N)c2-c2ccc(C#N)c(F)c2)cc1O.O=CO. The summed E-state index contributed by atoms with van der Waals surface area (Å²) in [5.74, 6) is -1.10. The normalized spacial score (nSPS) is 12.5. The molecule has 1 aliphatic heterocycles. The van der Waals surface area contributed by atoms with E-state index in [2.05, 4.69) is 16.4 Å². The van der Waals surface area contributed by atoms with Gasteiger partial charge in [0.05, 0.1) is 12.7 Å². The number of carboxylic acid groups (broad SMARTS) is 1. The summed E-state index contributed by atoms with van der Waals surface area (Å²) in [7, 11) is 1.43. The fourth-order valence-electron chi connectivity index (χ4n) is 5.44. The molecule has 5 rings (SSSR count). The Morgan fingerprint density at radius 3 is 2.30 bits per heavy atom. The number of aromatic hydroxyl groups is 1. The highest BCUT2D eigenvalue weighted by Crippen LogP contribution is 2.41. The van der Waals surface area contributed by atoms with Crippen LogP contribution in [0.3, 0.4) is 0 Å². The molecule has 1 aromatic heterocycles. The Morgan fingerprint density at radius 1 is 1.04 bits per heavy atom. The topological polar surface area (TPSA) is 209 Å². The summed E-state index contributed by atoms with van der Waals surface area (Å²) in [6.45, 7) is 0.709. The van der Waals surface area contributed by atoms with Crippen LogP contribution in [0.1, 0.15) is 39.9 Å². The zero-order valence-electron chi connectivity index (χ0n) is 26.6. The van der Waals surface area contributed by atoms with E-state index in [0.717, 1.165) is 0 Å². The lowest BCUT2D eigenvalue weighted by Gasteiger charge is -2.34. The van der Waals surface area contributed by atoms with Gasteiger partial charge < -0.3 is 25.2 Å². The molecular weight excluding hydrogens is 647 g/mol. The fourth-order valence-corrected chi connectivity index (χ4v) is 5.44. The van der Waals surface area contributed by atoms with Crippen LogP contribution in [0.15, 0.2) is 72.9 Å². The minimum atomic E-state index is -0.729. The first kappa shape index (κ1) is 36.1. The highest BCUT2D eigenvalue weighted by Gasteiger charge is 2.27. The van der Waals surface area contributed by atoms with E-state index in [0.29, 0.717) is 65.1 Å². The van der Waals surface area contributed by atoms with Crippen molar-refractivity contribution in [1.82, 2.24) is 15.8 Å². The number of carbonyl (C=O) groups is 3. The van der Waals surface area contributed by atoms with Crippen molar-refractivity contribution >= 4 is 30.2 Å². The highest BCUT2D eigenvalue weighted by molar-refractivity contribution is 5.95. The number of amides is 2. The summed E-state index contributed by atoms with van der Waals surface area (Å²) in [6.07, 6.45) is 5.39. The molecule has 1 fully saturated rings. The molecular formula is C36H31FN6O7. The third-order valence-corrected chi connectivity index (χ3v) is 7.88. The van der Waals surface area contributed by atoms with Crippen molar-refractivity contribution in [3.8, 4) is 45.9 Å². The van der Waals surface area contributed by atoms with Crippen molar-refractivity contribution in [3.63, 3.8) is 0 Å². The Bertz CT molecular complexity index is 2000. The zero-order chi connectivity index (χ0) is 36.2. The molecule has 1 aliphatic rings. The van der Waals surface area contributed by atoms with Crippen LogP contribution in [0.4, 0.5) is 10.2 Å². The molecule has 254 valence electrons. The third-order valence-electron chi connectivity index (χ3n) is 7.88. The Morgan fingerprint density at radius 2 is 1.72 bits per heavy atom. The number of anilines is 1. The monoisotopic (exact) mass is 678 g/mol. The van der Waals surface area contributed by atoms with Crippen molar-refractivity contribution in [3.05, 3.63) is 101 Å². The number of nitrogens with one attached hydrogen (secondary N) is 2. The molecule has 2 heterocycles. The fraction of sp³-hybridized carbons (Fsp3) is 0.167. The van der Waals surface area contributed by atoms with Gasteiger partial charge in [0.25, 0.3) is 18.3 Å². The Labute approximate surface area is 286 Å². The average Bonchev–Trinajstić information content (AvgIpc) is 3.14. The molecule has 0 bridgehead atoms. The number of halogens is 1. The number of pyridine rings is 1. The number of hydrogen-bond donors (Lipinski definition) is 5. The van der Waals surface area contributed by atoms with E-state index in [1.165, 1.54) is 42.9 Å². The van der Waals surface area contributed by atoms with Crippen LogP contribution >= 0.6 is 0 Å². The predicted molar refractivity (Wildman–Crippen MR) is 180 cm³/mol. The molecule has 0 atom stereocenters. The third kappa shape index (κ3) is 8.38. The standard InChI is InChI=1S/C35H29FN6O5.CH2O2/c1-47-31-10-9-23(17-30(31)43)28-20-39-34(27(19-38)33(28)24-7-8-25(18-37)29(36)16-24)42-14-12-26(13-15-42)40-35(45)22-5-2-21(3-6-22)4-11-32(44)41-46;2-1-3/h2-11,16-17,20,26,43,46H,12-15H2,1H3,(H,40,45)(H,41,44);1H,(H,2,3)/b11-4+;. The van der Waals surface area contributed by atoms with E-state index >= 15 is 0 Å². The van der Waals surface area contributed by atoms with Crippen LogP contribution in [0, 0.1) is 28.5 Å². The largest absolute Gasteiger partial charge is 0.504 e. The number of phenols is 1. The lowest BCUT2D eigenvalue weighted by Crippen LogP contribution is -2.45. The summed E-state index contributed by atoms with van der Waals surface area (Å²) in [4.78, 5) is 39.1. The first-order valence-electron chi connectivity index (χ1n) is 15.0. The second-order valence-electron chi connectivity index (χ2n) is 10.8. The van der Waals surface area contributed by atoms with Gasteiger partial charge in [-0.3, -0.25) is 19.6 Å². The van der Waals surface area contributed by atoms with Gasteiger partial charge in [0.2, 0.25) is 0 Å². The number of carbonyl (C=O) groups excluding carboxylic acids is 2. The van der Waals surface area contributed by atoms with Crippen LogP contribution in [0.5, 0.6) is 11.5 Å². The van der Waals surface area contributed by atoms with Crippen LogP contribution in [0.2, 0.25) is 0 Å². The van der Waals surface area contributed by atoms with Gasteiger partial charge in [0.15, 0.2) is 11.5 Å². The van der Waals surface area contributed by atoms with Gasteiger partial charge in [0, 0.05) is 48.1 Å². The van der Waals surface area contributed by atoms with Crippen molar-refractivity contribution < 1.29 is 38.9 Å². The Balaban J connectivity index is 0.00000181.